The van der Waals surface area contributed by atoms with E-state index in [1.54, 1.807) is 0 Å². The van der Waals surface area contributed by atoms with Gasteiger partial charge in [0.15, 0.2) is 0 Å². The average molecular weight is 401 g/mol. The molecule has 0 heterocycles. The number of aryl methyl sites for hydroxylation is 1. The number of esters is 1. The van der Waals surface area contributed by atoms with E-state index in [0.717, 1.165) is 18.8 Å². The molecular weight excluding hydrogens is 356 g/mol. The van der Waals surface area contributed by atoms with Gasteiger partial charge in [-0.05, 0) is 57.9 Å². The Bertz CT molecular complexity index is 527. The van der Waals surface area contributed by atoms with Crippen LogP contribution in [0.5, 0.6) is 0 Å². The van der Waals surface area contributed by atoms with Gasteiger partial charge in [-0.3, -0.25) is 4.79 Å². The van der Waals surface area contributed by atoms with Gasteiger partial charge < -0.3 is 4.74 Å². The van der Waals surface area contributed by atoms with Crippen LogP contribution in [0.4, 0.5) is 0 Å². The molecule has 1 aliphatic carbocycles. The Hall–Kier alpha value is -1.57. The minimum atomic E-state index is -0.0884. The van der Waals surface area contributed by atoms with Crippen molar-refractivity contribution in [2.24, 2.45) is 5.92 Å². The SMILES string of the molecule is C/C=C\CCCC(=O)OC(C)C.c1ccc(CCCCCCC2CCCC2)cc1. The van der Waals surface area contributed by atoms with Crippen LogP contribution in [-0.2, 0) is 16.0 Å². The van der Waals surface area contributed by atoms with Gasteiger partial charge in [-0.15, -0.1) is 0 Å². The first kappa shape index (κ1) is 25.5. The summed E-state index contributed by atoms with van der Waals surface area (Å²) in [6.45, 7) is 5.71. The maximum Gasteiger partial charge on any atom is 0.306 e. The highest BCUT2D eigenvalue weighted by Gasteiger charge is 2.13. The molecule has 1 aromatic carbocycles. The summed E-state index contributed by atoms with van der Waals surface area (Å²) in [6.07, 6.45) is 21.0. The largest absolute Gasteiger partial charge is 0.463 e. The third-order valence-corrected chi connectivity index (χ3v) is 5.50. The number of hydrogen-bond acceptors (Lipinski definition) is 2. The van der Waals surface area contributed by atoms with Crippen molar-refractivity contribution in [1.82, 2.24) is 0 Å². The van der Waals surface area contributed by atoms with E-state index in [4.69, 9.17) is 4.74 Å². The Morgan fingerprint density at radius 2 is 1.72 bits per heavy atom. The van der Waals surface area contributed by atoms with Crippen LogP contribution in [0.2, 0.25) is 0 Å². The normalized spacial score (nSPS) is 14.2. The van der Waals surface area contributed by atoms with Gasteiger partial charge in [-0.25, -0.2) is 0 Å². The van der Waals surface area contributed by atoms with E-state index in [9.17, 15) is 4.79 Å². The standard InChI is InChI=1S/C17H26.C10H18O2/c1(2-5-11-17-14-8-9-15-17)4-10-16-12-6-3-7-13-16;1-4-5-6-7-8-10(11)12-9(2)3/h3,6-7,12-13,17H,1-2,4-5,8-11,14-15H2;4-5,9H,6-8H2,1-3H3/b;5-4-. The molecule has 164 valence electrons. The smallest absolute Gasteiger partial charge is 0.306 e. The molecule has 0 atom stereocenters. The highest BCUT2D eigenvalue weighted by atomic mass is 16.5. The number of allylic oxidation sites excluding steroid dienone is 2. The average Bonchev–Trinajstić information content (AvgIpc) is 3.22. The summed E-state index contributed by atoms with van der Waals surface area (Å²) < 4.78 is 4.97. The van der Waals surface area contributed by atoms with Crippen LogP contribution in [0.3, 0.4) is 0 Å². The Morgan fingerprint density at radius 3 is 2.38 bits per heavy atom. The molecule has 0 N–H and O–H groups in total. The monoisotopic (exact) mass is 400 g/mol. The molecule has 0 bridgehead atoms. The molecular formula is C27H44O2. The van der Waals surface area contributed by atoms with Crippen molar-refractivity contribution in [2.45, 2.75) is 110 Å². The van der Waals surface area contributed by atoms with Crippen molar-refractivity contribution in [3.8, 4) is 0 Å². The lowest BCUT2D eigenvalue weighted by Crippen LogP contribution is -2.10. The molecule has 0 saturated heterocycles. The summed E-state index contributed by atoms with van der Waals surface area (Å²) in [5.41, 5.74) is 1.50. The number of benzene rings is 1. The minimum absolute atomic E-state index is 0.0132. The number of unbranched alkanes of at least 4 members (excludes halogenated alkanes) is 4. The topological polar surface area (TPSA) is 26.3 Å². The molecule has 0 spiro atoms. The minimum Gasteiger partial charge on any atom is -0.463 e. The van der Waals surface area contributed by atoms with E-state index in [-0.39, 0.29) is 12.1 Å². The fourth-order valence-corrected chi connectivity index (χ4v) is 3.91. The fourth-order valence-electron chi connectivity index (χ4n) is 3.91. The number of ether oxygens (including phenoxy) is 1. The van der Waals surface area contributed by atoms with Gasteiger partial charge in [-0.2, -0.15) is 0 Å². The molecule has 1 saturated carbocycles. The number of hydrogen-bond donors (Lipinski definition) is 0. The second kappa shape index (κ2) is 17.3. The summed E-state index contributed by atoms with van der Waals surface area (Å²) in [7, 11) is 0. The molecule has 0 aliphatic heterocycles. The van der Waals surface area contributed by atoms with E-state index in [1.165, 1.54) is 69.8 Å². The lowest BCUT2D eigenvalue weighted by molar-refractivity contribution is -0.147. The van der Waals surface area contributed by atoms with E-state index in [0.29, 0.717) is 6.42 Å². The molecule has 2 rings (SSSR count). The zero-order chi connectivity index (χ0) is 21.2. The van der Waals surface area contributed by atoms with Crippen LogP contribution in [0.1, 0.15) is 103 Å². The second-order valence-corrected chi connectivity index (χ2v) is 8.59. The summed E-state index contributed by atoms with van der Waals surface area (Å²) >= 11 is 0. The summed E-state index contributed by atoms with van der Waals surface area (Å²) in [5, 5.41) is 0. The third kappa shape index (κ3) is 15.0. The summed E-state index contributed by atoms with van der Waals surface area (Å²) in [6, 6.07) is 10.9. The molecule has 0 unspecified atom stereocenters. The van der Waals surface area contributed by atoms with Crippen molar-refractivity contribution in [3.05, 3.63) is 48.0 Å². The lowest BCUT2D eigenvalue weighted by Gasteiger charge is -2.07. The molecule has 1 aromatic rings. The fraction of sp³-hybridized carbons (Fsp3) is 0.667. The van der Waals surface area contributed by atoms with Crippen molar-refractivity contribution in [3.63, 3.8) is 0 Å². The highest BCUT2D eigenvalue weighted by Crippen LogP contribution is 2.29. The highest BCUT2D eigenvalue weighted by molar-refractivity contribution is 5.69. The quantitative estimate of drug-likeness (QED) is 0.201. The lowest BCUT2D eigenvalue weighted by atomic mass is 9.98. The zero-order valence-electron chi connectivity index (χ0n) is 19.2. The number of carbonyl (C=O) groups is 1. The van der Waals surface area contributed by atoms with Gasteiger partial charge in [0.1, 0.15) is 0 Å². The van der Waals surface area contributed by atoms with Crippen LogP contribution in [0.25, 0.3) is 0 Å². The molecule has 29 heavy (non-hydrogen) atoms. The van der Waals surface area contributed by atoms with E-state index in [2.05, 4.69) is 36.4 Å². The van der Waals surface area contributed by atoms with E-state index in [1.807, 2.05) is 26.8 Å². The predicted molar refractivity (Wildman–Crippen MR) is 125 cm³/mol. The van der Waals surface area contributed by atoms with Crippen LogP contribution in [-0.4, -0.2) is 12.1 Å². The van der Waals surface area contributed by atoms with Crippen molar-refractivity contribution in [1.29, 1.82) is 0 Å². The number of carbonyl (C=O) groups excluding carboxylic acids is 1. The van der Waals surface area contributed by atoms with Crippen LogP contribution in [0.15, 0.2) is 42.5 Å². The van der Waals surface area contributed by atoms with Gasteiger partial charge >= 0.3 is 5.97 Å². The van der Waals surface area contributed by atoms with Gasteiger partial charge in [0.05, 0.1) is 6.10 Å². The van der Waals surface area contributed by atoms with Crippen molar-refractivity contribution in [2.75, 3.05) is 0 Å². The van der Waals surface area contributed by atoms with Crippen molar-refractivity contribution < 1.29 is 9.53 Å². The Morgan fingerprint density at radius 1 is 1.03 bits per heavy atom. The molecule has 0 aromatic heterocycles. The molecule has 0 amide bonds. The first-order valence-corrected chi connectivity index (χ1v) is 12.0. The van der Waals surface area contributed by atoms with Crippen LogP contribution in [0, 0.1) is 5.92 Å². The Labute approximate surface area is 180 Å². The van der Waals surface area contributed by atoms with Crippen molar-refractivity contribution >= 4 is 5.97 Å². The molecule has 2 heteroatoms. The first-order valence-electron chi connectivity index (χ1n) is 12.0. The summed E-state index contributed by atoms with van der Waals surface area (Å²) in [5.74, 6) is 0.999. The van der Waals surface area contributed by atoms with E-state index >= 15 is 0 Å². The van der Waals surface area contributed by atoms with Gasteiger partial charge in [0, 0.05) is 6.42 Å². The molecule has 1 fully saturated rings. The maximum absolute atomic E-state index is 11.0. The Kier molecular flexibility index (Phi) is 15.2. The number of rotatable bonds is 12. The molecule has 1 aliphatic rings. The third-order valence-electron chi connectivity index (χ3n) is 5.50. The zero-order valence-corrected chi connectivity index (χ0v) is 19.2. The summed E-state index contributed by atoms with van der Waals surface area (Å²) in [4.78, 5) is 11.0. The van der Waals surface area contributed by atoms with Gasteiger partial charge in [0.2, 0.25) is 0 Å². The Balaban J connectivity index is 0.000000311. The molecule has 2 nitrogen and oxygen atoms in total. The molecule has 0 radical (unpaired) electrons. The van der Waals surface area contributed by atoms with Gasteiger partial charge in [-0.1, -0.05) is 93.9 Å². The maximum atomic E-state index is 11.0. The first-order chi connectivity index (χ1) is 14.1. The van der Waals surface area contributed by atoms with E-state index < -0.39 is 0 Å². The van der Waals surface area contributed by atoms with Crippen LogP contribution >= 0.6 is 0 Å². The van der Waals surface area contributed by atoms with Crippen LogP contribution < -0.4 is 0 Å². The predicted octanol–water partition coefficient (Wildman–Crippen LogP) is 8.05. The second-order valence-electron chi connectivity index (χ2n) is 8.59. The van der Waals surface area contributed by atoms with Gasteiger partial charge in [0.25, 0.3) is 0 Å².